The van der Waals surface area contributed by atoms with E-state index in [2.05, 4.69) is 22.5 Å². The smallest absolute Gasteiger partial charge is 0.319 e. The summed E-state index contributed by atoms with van der Waals surface area (Å²) in [7, 11) is -3.46. The minimum absolute atomic E-state index is 0.00189. The Kier molecular flexibility index (Phi) is 7.12. The van der Waals surface area contributed by atoms with Crippen molar-refractivity contribution in [3.05, 3.63) is 54.6 Å². The molecule has 1 aliphatic carbocycles. The third-order valence-electron chi connectivity index (χ3n) is 6.57. The molecule has 5 rings (SSSR count). The molecule has 0 radical (unpaired) electrons. The Morgan fingerprint density at radius 2 is 1.81 bits per heavy atom. The fraction of sp³-hybridized carbons (Fsp3) is 0.370. The number of morpholine rings is 1. The summed E-state index contributed by atoms with van der Waals surface area (Å²) in [5.74, 6) is 0.524. The third-order valence-corrected chi connectivity index (χ3v) is 8.35. The maximum atomic E-state index is 12.9. The van der Waals surface area contributed by atoms with E-state index in [-0.39, 0.29) is 28.8 Å². The number of urea groups is 1. The summed E-state index contributed by atoms with van der Waals surface area (Å²) in [4.78, 5) is 24.1. The van der Waals surface area contributed by atoms with E-state index in [1.54, 1.807) is 25.1 Å². The van der Waals surface area contributed by atoms with Crippen LogP contribution in [-0.2, 0) is 14.6 Å². The molecule has 2 amide bonds. The summed E-state index contributed by atoms with van der Waals surface area (Å²) in [6, 6.07) is 16.3. The van der Waals surface area contributed by atoms with Crippen LogP contribution in [0.25, 0.3) is 22.5 Å². The molecule has 2 fully saturated rings. The summed E-state index contributed by atoms with van der Waals surface area (Å²) in [6.07, 6.45) is 2.05. The van der Waals surface area contributed by atoms with E-state index in [1.165, 1.54) is 0 Å². The van der Waals surface area contributed by atoms with Gasteiger partial charge in [0.1, 0.15) is 0 Å². The van der Waals surface area contributed by atoms with Gasteiger partial charge in [-0.05, 0) is 44.0 Å². The largest absolute Gasteiger partial charge is 0.377 e. The highest BCUT2D eigenvalue weighted by molar-refractivity contribution is 7.91. The van der Waals surface area contributed by atoms with Crippen molar-refractivity contribution in [2.45, 2.75) is 43.7 Å². The molecule has 194 valence electrons. The average Bonchev–Trinajstić information content (AvgIpc) is 3.73. The summed E-state index contributed by atoms with van der Waals surface area (Å²) in [5, 5.41) is 5.77. The molecule has 2 aromatic carbocycles. The lowest BCUT2D eigenvalue weighted by Crippen LogP contribution is -2.44. The van der Waals surface area contributed by atoms with Crippen LogP contribution in [0.4, 0.5) is 16.4 Å². The second-order valence-electron chi connectivity index (χ2n) is 9.41. The van der Waals surface area contributed by atoms with Gasteiger partial charge in [0.25, 0.3) is 0 Å². The van der Waals surface area contributed by atoms with Crippen LogP contribution in [0.5, 0.6) is 0 Å². The molecular weight excluding hydrogens is 490 g/mol. The highest BCUT2D eigenvalue weighted by atomic mass is 32.2. The van der Waals surface area contributed by atoms with E-state index in [0.717, 1.165) is 18.4 Å². The van der Waals surface area contributed by atoms with Gasteiger partial charge in [-0.2, -0.15) is 0 Å². The molecule has 0 spiro atoms. The summed E-state index contributed by atoms with van der Waals surface area (Å²) in [6.45, 7) is 5.46. The Balaban J connectivity index is 1.54. The predicted octanol–water partition coefficient (Wildman–Crippen LogP) is 4.11. The van der Waals surface area contributed by atoms with Crippen LogP contribution in [0.2, 0.25) is 0 Å². The van der Waals surface area contributed by atoms with Gasteiger partial charge in [-0.15, -0.1) is 0 Å². The van der Waals surface area contributed by atoms with Crippen molar-refractivity contribution in [3.8, 4) is 22.5 Å². The van der Waals surface area contributed by atoms with Gasteiger partial charge >= 0.3 is 6.03 Å². The molecule has 1 saturated carbocycles. The number of nitrogens with one attached hydrogen (secondary N) is 2. The SMILES string of the molecule is CCS(=O)(=O)c1ccccc1-c1cc(-c2ccc(NC(=O)NC3CC3)cc2)nc(N2CCOC[C@@H]2C)n1. The van der Waals surface area contributed by atoms with E-state index in [0.29, 0.717) is 48.3 Å². The van der Waals surface area contributed by atoms with Crippen LogP contribution >= 0.6 is 0 Å². The van der Waals surface area contributed by atoms with E-state index >= 15 is 0 Å². The quantitative estimate of drug-likeness (QED) is 0.481. The zero-order valence-corrected chi connectivity index (χ0v) is 21.8. The number of benzene rings is 2. The summed E-state index contributed by atoms with van der Waals surface area (Å²) < 4.78 is 31.3. The number of anilines is 2. The molecule has 2 heterocycles. The minimum atomic E-state index is -3.46. The van der Waals surface area contributed by atoms with Gasteiger partial charge in [-0.1, -0.05) is 37.3 Å². The summed E-state index contributed by atoms with van der Waals surface area (Å²) in [5.41, 5.74) is 3.26. The molecule has 1 aromatic heterocycles. The highest BCUT2D eigenvalue weighted by Crippen LogP contribution is 2.32. The molecule has 10 heteroatoms. The van der Waals surface area contributed by atoms with Crippen LogP contribution in [0.15, 0.2) is 59.5 Å². The number of aromatic nitrogens is 2. The molecule has 1 aliphatic heterocycles. The lowest BCUT2D eigenvalue weighted by molar-refractivity contribution is 0.0981. The lowest BCUT2D eigenvalue weighted by Gasteiger charge is -2.33. The molecule has 1 atom stereocenters. The first-order chi connectivity index (χ1) is 17.8. The van der Waals surface area contributed by atoms with Crippen molar-refractivity contribution in [1.29, 1.82) is 0 Å². The molecule has 2 aliphatic rings. The molecule has 37 heavy (non-hydrogen) atoms. The van der Waals surface area contributed by atoms with E-state index in [9.17, 15) is 13.2 Å². The Hall–Kier alpha value is -3.50. The van der Waals surface area contributed by atoms with Crippen LogP contribution in [0, 0.1) is 0 Å². The van der Waals surface area contributed by atoms with Crippen molar-refractivity contribution >= 4 is 27.5 Å². The molecule has 9 nitrogen and oxygen atoms in total. The topological polar surface area (TPSA) is 114 Å². The van der Waals surface area contributed by atoms with Gasteiger partial charge in [0, 0.05) is 29.4 Å². The van der Waals surface area contributed by atoms with Crippen molar-refractivity contribution in [2.75, 3.05) is 35.7 Å². The first kappa shape index (κ1) is 25.2. The number of hydrogen-bond donors (Lipinski definition) is 2. The molecule has 0 bridgehead atoms. The summed E-state index contributed by atoms with van der Waals surface area (Å²) >= 11 is 0. The minimum Gasteiger partial charge on any atom is -0.377 e. The first-order valence-corrected chi connectivity index (χ1v) is 14.2. The number of rotatable bonds is 7. The van der Waals surface area contributed by atoms with Crippen molar-refractivity contribution in [3.63, 3.8) is 0 Å². The van der Waals surface area contributed by atoms with Crippen LogP contribution in [0.3, 0.4) is 0 Å². The van der Waals surface area contributed by atoms with Gasteiger partial charge in [0.05, 0.1) is 41.3 Å². The Labute approximate surface area is 217 Å². The Morgan fingerprint density at radius 1 is 1.08 bits per heavy atom. The number of carbonyl (C=O) groups excluding carboxylic acids is 1. The van der Waals surface area contributed by atoms with Crippen LogP contribution in [0.1, 0.15) is 26.7 Å². The number of nitrogens with zero attached hydrogens (tertiary/aromatic N) is 3. The molecular formula is C27H31N5O4S. The molecule has 3 aromatic rings. The number of sulfone groups is 1. The van der Waals surface area contributed by atoms with Crippen LogP contribution < -0.4 is 15.5 Å². The number of hydrogen-bond acceptors (Lipinski definition) is 7. The number of ether oxygens (including phenoxy) is 1. The maximum absolute atomic E-state index is 12.9. The van der Waals surface area contributed by atoms with E-state index in [1.807, 2.05) is 36.4 Å². The van der Waals surface area contributed by atoms with Crippen molar-refractivity contribution < 1.29 is 17.9 Å². The number of amides is 2. The van der Waals surface area contributed by atoms with Gasteiger partial charge in [0.2, 0.25) is 5.95 Å². The average molecular weight is 522 g/mol. The van der Waals surface area contributed by atoms with Gasteiger partial charge in [-0.3, -0.25) is 0 Å². The monoisotopic (exact) mass is 521 g/mol. The van der Waals surface area contributed by atoms with Crippen molar-refractivity contribution in [1.82, 2.24) is 15.3 Å². The predicted molar refractivity (Wildman–Crippen MR) is 143 cm³/mol. The van der Waals surface area contributed by atoms with Gasteiger partial charge < -0.3 is 20.3 Å². The zero-order chi connectivity index (χ0) is 26.0. The Bertz CT molecular complexity index is 1390. The second kappa shape index (κ2) is 10.5. The molecule has 1 saturated heterocycles. The van der Waals surface area contributed by atoms with Crippen LogP contribution in [-0.4, -0.2) is 62.0 Å². The highest BCUT2D eigenvalue weighted by Gasteiger charge is 2.25. The molecule has 2 N–H and O–H groups in total. The fourth-order valence-electron chi connectivity index (χ4n) is 4.28. The Morgan fingerprint density at radius 3 is 2.51 bits per heavy atom. The number of carbonyl (C=O) groups is 1. The lowest BCUT2D eigenvalue weighted by atomic mass is 10.1. The third kappa shape index (κ3) is 5.75. The molecule has 0 unspecified atom stereocenters. The first-order valence-electron chi connectivity index (χ1n) is 12.6. The van der Waals surface area contributed by atoms with Crippen molar-refractivity contribution in [2.24, 2.45) is 0 Å². The maximum Gasteiger partial charge on any atom is 0.319 e. The van der Waals surface area contributed by atoms with E-state index in [4.69, 9.17) is 14.7 Å². The van der Waals surface area contributed by atoms with E-state index < -0.39 is 9.84 Å². The normalized spacial score (nSPS) is 17.9. The van der Waals surface area contributed by atoms with Gasteiger partial charge in [0.15, 0.2) is 9.84 Å². The standard InChI is InChI=1S/C27H31N5O4S/c1-3-37(34,35)25-7-5-4-6-22(25)24-16-23(30-26(31-24)32-14-15-36-17-18(32)2)19-8-10-20(11-9-19)28-27(33)29-21-12-13-21/h4-11,16,18,21H,3,12-15,17H2,1-2H3,(H2,28,29,33)/t18-/m0/s1. The second-order valence-corrected chi connectivity index (χ2v) is 11.7. The zero-order valence-electron chi connectivity index (χ0n) is 21.0. The fourth-order valence-corrected chi connectivity index (χ4v) is 5.39. The van der Waals surface area contributed by atoms with Gasteiger partial charge in [-0.25, -0.2) is 23.2 Å².